The molecule has 1 aromatic carbocycles. The molecule has 21 heavy (non-hydrogen) atoms. The maximum atomic E-state index is 11.2. The van der Waals surface area contributed by atoms with E-state index >= 15 is 0 Å². The Labute approximate surface area is 124 Å². The molecule has 1 fully saturated rings. The molecule has 0 radical (unpaired) electrons. The van der Waals surface area contributed by atoms with Gasteiger partial charge < -0.3 is 14.8 Å². The van der Waals surface area contributed by atoms with Crippen molar-refractivity contribution in [3.63, 3.8) is 0 Å². The minimum absolute atomic E-state index is 0.0319. The largest absolute Gasteiger partial charge is 0.490 e. The fourth-order valence-electron chi connectivity index (χ4n) is 2.43. The van der Waals surface area contributed by atoms with E-state index in [1.165, 1.54) is 7.11 Å². The Morgan fingerprint density at radius 3 is 3.05 bits per heavy atom. The van der Waals surface area contributed by atoms with Crippen molar-refractivity contribution in [3.8, 4) is 5.75 Å². The summed E-state index contributed by atoms with van der Waals surface area (Å²) < 4.78 is 10.7. The molecule has 0 spiro atoms. The molecule has 1 aliphatic heterocycles. The van der Waals surface area contributed by atoms with E-state index in [4.69, 9.17) is 9.47 Å². The highest BCUT2D eigenvalue weighted by atomic mass is 16.6. The molecule has 0 bridgehead atoms. The van der Waals surface area contributed by atoms with E-state index in [-0.39, 0.29) is 17.5 Å². The monoisotopic (exact) mass is 295 g/mol. The van der Waals surface area contributed by atoms with Crippen molar-refractivity contribution >= 4 is 11.4 Å². The Kier molecular flexibility index (Phi) is 5.35. The highest BCUT2D eigenvalue weighted by Gasteiger charge is 2.23. The van der Waals surface area contributed by atoms with Gasteiger partial charge in [-0.1, -0.05) is 13.0 Å². The van der Waals surface area contributed by atoms with Crippen molar-refractivity contribution in [2.45, 2.75) is 13.0 Å². The average Bonchev–Trinajstić information content (AvgIpc) is 2.52. The van der Waals surface area contributed by atoms with Crippen LogP contribution < -0.4 is 10.1 Å². The minimum Gasteiger partial charge on any atom is -0.490 e. The first-order valence-corrected chi connectivity index (χ1v) is 7.05. The van der Waals surface area contributed by atoms with Crippen LogP contribution in [-0.4, -0.2) is 55.8 Å². The first kappa shape index (κ1) is 15.5. The lowest BCUT2D eigenvalue weighted by Gasteiger charge is -2.32. The minimum atomic E-state index is -0.429. The summed E-state index contributed by atoms with van der Waals surface area (Å²) in [6, 6.07) is 4.99. The van der Waals surface area contributed by atoms with Gasteiger partial charge in [0, 0.05) is 19.6 Å². The van der Waals surface area contributed by atoms with Crippen LogP contribution in [0.15, 0.2) is 18.2 Å². The number of nitrogens with zero attached hydrogens (tertiary/aromatic N) is 2. The van der Waals surface area contributed by atoms with Crippen LogP contribution in [0.1, 0.15) is 6.92 Å². The molecule has 0 aliphatic carbocycles. The molecule has 0 saturated carbocycles. The SMILES string of the molecule is CCN1CCOC(CNc2cccc(OC)c2[N+](=O)[O-])C1. The van der Waals surface area contributed by atoms with Gasteiger partial charge in [-0.25, -0.2) is 0 Å². The predicted molar refractivity (Wildman–Crippen MR) is 80.0 cm³/mol. The molecule has 1 N–H and O–H groups in total. The van der Waals surface area contributed by atoms with Crippen LogP contribution in [0.3, 0.4) is 0 Å². The molecular formula is C14H21N3O4. The normalized spacial score (nSPS) is 19.2. The number of likely N-dealkylation sites (N-methyl/N-ethyl adjacent to an activating group) is 1. The van der Waals surface area contributed by atoms with Crippen molar-refractivity contribution in [3.05, 3.63) is 28.3 Å². The fourth-order valence-corrected chi connectivity index (χ4v) is 2.43. The number of methoxy groups -OCH3 is 1. The quantitative estimate of drug-likeness (QED) is 0.636. The third-order valence-corrected chi connectivity index (χ3v) is 3.59. The molecular weight excluding hydrogens is 274 g/mol. The van der Waals surface area contributed by atoms with Crippen LogP contribution in [0.2, 0.25) is 0 Å². The lowest BCUT2D eigenvalue weighted by Crippen LogP contribution is -2.45. The van der Waals surface area contributed by atoms with Crippen molar-refractivity contribution in [2.75, 3.05) is 45.2 Å². The van der Waals surface area contributed by atoms with Gasteiger partial charge in [-0.15, -0.1) is 0 Å². The molecule has 0 aromatic heterocycles. The smallest absolute Gasteiger partial charge is 0.333 e. The number of hydrogen-bond acceptors (Lipinski definition) is 6. The summed E-state index contributed by atoms with van der Waals surface area (Å²) in [5.41, 5.74) is 0.416. The van der Waals surface area contributed by atoms with Crippen LogP contribution in [-0.2, 0) is 4.74 Å². The Morgan fingerprint density at radius 2 is 2.38 bits per heavy atom. The molecule has 1 aromatic rings. The number of hydrogen-bond donors (Lipinski definition) is 1. The van der Waals surface area contributed by atoms with E-state index < -0.39 is 4.92 Å². The fraction of sp³-hybridized carbons (Fsp3) is 0.571. The molecule has 1 aliphatic rings. The van der Waals surface area contributed by atoms with Crippen molar-refractivity contribution in [1.29, 1.82) is 0 Å². The molecule has 116 valence electrons. The average molecular weight is 295 g/mol. The second kappa shape index (κ2) is 7.24. The van der Waals surface area contributed by atoms with Gasteiger partial charge in [0.1, 0.15) is 5.69 Å². The van der Waals surface area contributed by atoms with Gasteiger partial charge in [0.2, 0.25) is 0 Å². The van der Waals surface area contributed by atoms with Gasteiger partial charge in [-0.2, -0.15) is 0 Å². The molecule has 7 heteroatoms. The number of ether oxygens (including phenoxy) is 2. The molecule has 1 heterocycles. The van der Waals surface area contributed by atoms with Crippen LogP contribution in [0.25, 0.3) is 0 Å². The highest BCUT2D eigenvalue weighted by molar-refractivity contribution is 5.68. The van der Waals surface area contributed by atoms with E-state index in [0.717, 1.165) is 19.6 Å². The topological polar surface area (TPSA) is 76.9 Å². The Bertz CT molecular complexity index is 495. The summed E-state index contributed by atoms with van der Waals surface area (Å²) in [5, 5.41) is 14.3. The second-order valence-corrected chi connectivity index (χ2v) is 4.88. The van der Waals surface area contributed by atoms with Crippen molar-refractivity contribution in [1.82, 2.24) is 4.90 Å². The van der Waals surface area contributed by atoms with Crippen LogP contribution in [0.4, 0.5) is 11.4 Å². The first-order valence-electron chi connectivity index (χ1n) is 7.05. The highest BCUT2D eigenvalue weighted by Crippen LogP contribution is 2.34. The molecule has 2 rings (SSSR count). The standard InChI is InChI=1S/C14H21N3O4/c1-3-16-7-8-21-11(10-16)9-15-12-5-4-6-13(20-2)14(12)17(18)19/h4-6,11,15H,3,7-10H2,1-2H3. The Morgan fingerprint density at radius 1 is 1.57 bits per heavy atom. The van der Waals surface area contributed by atoms with E-state index in [0.29, 0.717) is 18.8 Å². The zero-order valence-electron chi connectivity index (χ0n) is 12.4. The molecule has 7 nitrogen and oxygen atoms in total. The van der Waals surface area contributed by atoms with E-state index in [1.807, 2.05) is 0 Å². The van der Waals surface area contributed by atoms with Gasteiger partial charge in [0.05, 0.1) is 24.7 Å². The van der Waals surface area contributed by atoms with E-state index in [2.05, 4.69) is 17.1 Å². The summed E-state index contributed by atoms with van der Waals surface area (Å²) in [6.07, 6.45) is 0.0319. The maximum Gasteiger partial charge on any atom is 0.333 e. The lowest BCUT2D eigenvalue weighted by atomic mass is 10.2. The van der Waals surface area contributed by atoms with E-state index in [9.17, 15) is 10.1 Å². The summed E-state index contributed by atoms with van der Waals surface area (Å²) >= 11 is 0. The maximum absolute atomic E-state index is 11.2. The first-order chi connectivity index (χ1) is 10.2. The van der Waals surface area contributed by atoms with Crippen LogP contribution in [0, 0.1) is 10.1 Å². The zero-order valence-corrected chi connectivity index (χ0v) is 12.4. The van der Waals surface area contributed by atoms with Crippen LogP contribution in [0.5, 0.6) is 5.75 Å². The molecule has 0 amide bonds. The number of benzene rings is 1. The van der Waals surface area contributed by atoms with Gasteiger partial charge >= 0.3 is 5.69 Å². The number of morpholine rings is 1. The molecule has 1 atom stereocenters. The molecule has 1 unspecified atom stereocenters. The van der Waals surface area contributed by atoms with Gasteiger partial charge in [-0.05, 0) is 18.7 Å². The van der Waals surface area contributed by atoms with Crippen molar-refractivity contribution in [2.24, 2.45) is 0 Å². The summed E-state index contributed by atoms with van der Waals surface area (Å²) in [7, 11) is 1.43. The van der Waals surface area contributed by atoms with Gasteiger partial charge in [0.15, 0.2) is 5.75 Å². The van der Waals surface area contributed by atoms with Crippen LogP contribution >= 0.6 is 0 Å². The second-order valence-electron chi connectivity index (χ2n) is 4.88. The predicted octanol–water partition coefficient (Wildman–Crippen LogP) is 1.74. The Hall–Kier alpha value is -1.86. The van der Waals surface area contributed by atoms with Gasteiger partial charge in [-0.3, -0.25) is 15.0 Å². The van der Waals surface area contributed by atoms with Crippen molar-refractivity contribution < 1.29 is 14.4 Å². The number of nitrogens with one attached hydrogen (secondary N) is 1. The zero-order chi connectivity index (χ0) is 15.2. The molecule has 1 saturated heterocycles. The third kappa shape index (κ3) is 3.83. The number of rotatable bonds is 6. The number of nitro benzene ring substituents is 1. The lowest BCUT2D eigenvalue weighted by molar-refractivity contribution is -0.384. The van der Waals surface area contributed by atoms with Gasteiger partial charge in [0.25, 0.3) is 0 Å². The third-order valence-electron chi connectivity index (χ3n) is 3.59. The summed E-state index contributed by atoms with van der Waals surface area (Å²) in [4.78, 5) is 13.1. The Balaban J connectivity index is 2.04. The number of para-hydroxylation sites is 1. The van der Waals surface area contributed by atoms with E-state index in [1.54, 1.807) is 18.2 Å². The summed E-state index contributed by atoms with van der Waals surface area (Å²) in [6.45, 7) is 6.10. The number of anilines is 1. The number of nitro groups is 1. The summed E-state index contributed by atoms with van der Waals surface area (Å²) in [5.74, 6) is 0.254.